The van der Waals surface area contributed by atoms with Crippen molar-refractivity contribution < 1.29 is 14.7 Å². The van der Waals surface area contributed by atoms with Gasteiger partial charge in [0.25, 0.3) is 0 Å². The van der Waals surface area contributed by atoms with E-state index in [2.05, 4.69) is 10.6 Å². The van der Waals surface area contributed by atoms with Crippen LogP contribution >= 0.6 is 23.2 Å². The van der Waals surface area contributed by atoms with E-state index in [0.29, 0.717) is 10.7 Å². The SMILES string of the molecule is O=C(O)CNC(=O)Nc1ccc(Cl)cc1Cl. The molecule has 0 aromatic heterocycles. The molecule has 0 spiro atoms. The predicted octanol–water partition coefficient (Wildman–Crippen LogP) is 2.20. The minimum absolute atomic E-state index is 0.276. The molecular formula is C9H8Cl2N2O3. The van der Waals surface area contributed by atoms with Gasteiger partial charge in [-0.2, -0.15) is 0 Å². The van der Waals surface area contributed by atoms with Gasteiger partial charge in [0, 0.05) is 5.02 Å². The van der Waals surface area contributed by atoms with Crippen LogP contribution in [-0.4, -0.2) is 23.7 Å². The summed E-state index contributed by atoms with van der Waals surface area (Å²) in [5.74, 6) is -1.13. The molecular weight excluding hydrogens is 255 g/mol. The summed E-state index contributed by atoms with van der Waals surface area (Å²) >= 11 is 11.5. The summed E-state index contributed by atoms with van der Waals surface area (Å²) in [5.41, 5.74) is 0.356. The van der Waals surface area contributed by atoms with E-state index in [4.69, 9.17) is 28.3 Å². The molecule has 0 saturated heterocycles. The quantitative estimate of drug-likeness (QED) is 0.782. The Balaban J connectivity index is 2.59. The van der Waals surface area contributed by atoms with E-state index in [1.807, 2.05) is 0 Å². The topological polar surface area (TPSA) is 78.4 Å². The van der Waals surface area contributed by atoms with Crippen LogP contribution in [0.4, 0.5) is 10.5 Å². The van der Waals surface area contributed by atoms with Gasteiger partial charge in [0.05, 0.1) is 10.7 Å². The second-order valence-corrected chi connectivity index (χ2v) is 3.67. The van der Waals surface area contributed by atoms with Crippen molar-refractivity contribution in [3.8, 4) is 0 Å². The molecule has 0 radical (unpaired) electrons. The minimum Gasteiger partial charge on any atom is -0.480 e. The first-order valence-corrected chi connectivity index (χ1v) is 4.96. The highest BCUT2D eigenvalue weighted by atomic mass is 35.5. The highest BCUT2D eigenvalue weighted by Crippen LogP contribution is 2.25. The average molecular weight is 263 g/mol. The number of halogens is 2. The smallest absolute Gasteiger partial charge is 0.323 e. The molecule has 86 valence electrons. The van der Waals surface area contributed by atoms with Gasteiger partial charge in [-0.15, -0.1) is 0 Å². The first-order valence-electron chi connectivity index (χ1n) is 4.20. The molecule has 0 aliphatic carbocycles. The Hall–Kier alpha value is -1.46. The number of carboxylic acids is 1. The second kappa shape index (κ2) is 5.58. The normalized spacial score (nSPS) is 9.62. The lowest BCUT2D eigenvalue weighted by molar-refractivity contribution is -0.135. The first-order chi connectivity index (χ1) is 7.49. The van der Waals surface area contributed by atoms with Crippen LogP contribution in [0.5, 0.6) is 0 Å². The summed E-state index contributed by atoms with van der Waals surface area (Å²) in [6.45, 7) is -0.461. The highest BCUT2D eigenvalue weighted by molar-refractivity contribution is 6.36. The Morgan fingerprint density at radius 1 is 1.31 bits per heavy atom. The molecule has 0 saturated carbocycles. The fraction of sp³-hybridized carbons (Fsp3) is 0.111. The van der Waals surface area contributed by atoms with Crippen molar-refractivity contribution in [1.82, 2.24) is 5.32 Å². The number of benzene rings is 1. The monoisotopic (exact) mass is 262 g/mol. The van der Waals surface area contributed by atoms with Crippen molar-refractivity contribution in [1.29, 1.82) is 0 Å². The molecule has 0 aliphatic rings. The van der Waals surface area contributed by atoms with Gasteiger partial charge in [0.15, 0.2) is 0 Å². The van der Waals surface area contributed by atoms with Crippen LogP contribution in [0.1, 0.15) is 0 Å². The van der Waals surface area contributed by atoms with Gasteiger partial charge in [0.1, 0.15) is 6.54 Å². The molecule has 3 N–H and O–H groups in total. The van der Waals surface area contributed by atoms with Crippen LogP contribution in [0.3, 0.4) is 0 Å². The van der Waals surface area contributed by atoms with E-state index in [-0.39, 0.29) is 5.02 Å². The van der Waals surface area contributed by atoms with Gasteiger partial charge in [-0.25, -0.2) is 4.79 Å². The van der Waals surface area contributed by atoms with Crippen molar-refractivity contribution in [2.24, 2.45) is 0 Å². The van der Waals surface area contributed by atoms with Crippen LogP contribution in [0, 0.1) is 0 Å². The lowest BCUT2D eigenvalue weighted by Crippen LogP contribution is -2.33. The van der Waals surface area contributed by atoms with Gasteiger partial charge < -0.3 is 15.7 Å². The van der Waals surface area contributed by atoms with Crippen molar-refractivity contribution in [3.05, 3.63) is 28.2 Å². The van der Waals surface area contributed by atoms with E-state index in [0.717, 1.165) is 0 Å². The van der Waals surface area contributed by atoms with E-state index in [1.54, 1.807) is 6.07 Å². The lowest BCUT2D eigenvalue weighted by Gasteiger charge is -2.07. The maximum atomic E-state index is 11.2. The van der Waals surface area contributed by atoms with Gasteiger partial charge in [-0.05, 0) is 18.2 Å². The molecule has 0 fully saturated rings. The number of hydrogen-bond acceptors (Lipinski definition) is 2. The number of urea groups is 1. The molecule has 0 aliphatic heterocycles. The van der Waals surface area contributed by atoms with E-state index < -0.39 is 18.5 Å². The molecule has 16 heavy (non-hydrogen) atoms. The molecule has 5 nitrogen and oxygen atoms in total. The molecule has 0 heterocycles. The minimum atomic E-state index is -1.13. The van der Waals surface area contributed by atoms with Gasteiger partial charge in [-0.3, -0.25) is 4.79 Å². The summed E-state index contributed by atoms with van der Waals surface area (Å²) in [7, 11) is 0. The van der Waals surface area contributed by atoms with Crippen molar-refractivity contribution in [2.75, 3.05) is 11.9 Å². The molecule has 0 atom stereocenters. The third-order valence-corrected chi connectivity index (χ3v) is 2.13. The third kappa shape index (κ3) is 3.96. The Labute approximate surface area is 101 Å². The van der Waals surface area contributed by atoms with Crippen LogP contribution < -0.4 is 10.6 Å². The summed E-state index contributed by atoms with van der Waals surface area (Å²) in [4.78, 5) is 21.4. The van der Waals surface area contributed by atoms with E-state index in [1.165, 1.54) is 12.1 Å². The summed E-state index contributed by atoms with van der Waals surface area (Å²) in [6.07, 6.45) is 0. The number of aliphatic carboxylic acids is 1. The van der Waals surface area contributed by atoms with Gasteiger partial charge in [-0.1, -0.05) is 23.2 Å². The number of nitrogens with one attached hydrogen (secondary N) is 2. The molecule has 1 rings (SSSR count). The Kier molecular flexibility index (Phi) is 4.39. The maximum Gasteiger partial charge on any atom is 0.323 e. The van der Waals surface area contributed by atoms with Crippen LogP contribution in [0.2, 0.25) is 10.0 Å². The Morgan fingerprint density at radius 3 is 2.56 bits per heavy atom. The number of carbonyl (C=O) groups is 2. The van der Waals surface area contributed by atoms with Gasteiger partial charge >= 0.3 is 12.0 Å². The Morgan fingerprint density at radius 2 is 2.00 bits per heavy atom. The number of anilines is 1. The van der Waals surface area contributed by atoms with Crippen LogP contribution in [-0.2, 0) is 4.79 Å². The summed E-state index contributed by atoms with van der Waals surface area (Å²) in [5, 5.41) is 13.6. The van der Waals surface area contributed by atoms with Crippen LogP contribution in [0.15, 0.2) is 18.2 Å². The van der Waals surface area contributed by atoms with Crippen molar-refractivity contribution in [2.45, 2.75) is 0 Å². The molecule has 1 aromatic carbocycles. The van der Waals surface area contributed by atoms with E-state index in [9.17, 15) is 9.59 Å². The largest absolute Gasteiger partial charge is 0.480 e. The Bertz CT molecular complexity index is 423. The van der Waals surface area contributed by atoms with Crippen molar-refractivity contribution >= 4 is 40.9 Å². The second-order valence-electron chi connectivity index (χ2n) is 2.83. The summed E-state index contributed by atoms with van der Waals surface area (Å²) in [6, 6.07) is 3.90. The van der Waals surface area contributed by atoms with Gasteiger partial charge in [0.2, 0.25) is 0 Å². The van der Waals surface area contributed by atoms with Crippen LogP contribution in [0.25, 0.3) is 0 Å². The maximum absolute atomic E-state index is 11.2. The zero-order valence-electron chi connectivity index (χ0n) is 7.96. The summed E-state index contributed by atoms with van der Waals surface area (Å²) < 4.78 is 0. The molecule has 0 bridgehead atoms. The highest BCUT2D eigenvalue weighted by Gasteiger charge is 2.06. The standard InChI is InChI=1S/C9H8Cl2N2O3/c10-5-1-2-7(6(11)3-5)13-9(16)12-4-8(14)15/h1-3H,4H2,(H,14,15)(H2,12,13,16). The molecule has 7 heteroatoms. The number of carbonyl (C=O) groups excluding carboxylic acids is 1. The number of hydrogen-bond donors (Lipinski definition) is 3. The molecule has 0 unspecified atom stereocenters. The number of amides is 2. The molecule has 2 amide bonds. The zero-order valence-corrected chi connectivity index (χ0v) is 9.47. The molecule has 1 aromatic rings. The average Bonchev–Trinajstić information content (AvgIpc) is 2.19. The lowest BCUT2D eigenvalue weighted by atomic mass is 10.3. The fourth-order valence-electron chi connectivity index (χ4n) is 0.913. The van der Waals surface area contributed by atoms with E-state index >= 15 is 0 Å². The number of carboxylic acid groups (broad SMARTS) is 1. The number of rotatable bonds is 3. The van der Waals surface area contributed by atoms with Crippen molar-refractivity contribution in [3.63, 3.8) is 0 Å². The zero-order chi connectivity index (χ0) is 12.1. The predicted molar refractivity (Wildman–Crippen MR) is 61.1 cm³/mol. The fourth-order valence-corrected chi connectivity index (χ4v) is 1.37. The first kappa shape index (κ1) is 12.6. The third-order valence-electron chi connectivity index (χ3n) is 1.58.